The second-order valence-electron chi connectivity index (χ2n) is 10.2. The number of aromatic nitrogens is 2. The predicted octanol–water partition coefficient (Wildman–Crippen LogP) is 5.55. The van der Waals surface area contributed by atoms with Crippen LogP contribution in [0.15, 0.2) is 54.6 Å². The SMILES string of the molecule is CCc1cccc(NC(=O)N(CCCOC)CC(=O)Nc2cc(C(C)(C)C)nn2-c2ccc(C)cc2)c1. The van der Waals surface area contributed by atoms with Crippen LogP contribution in [-0.4, -0.2) is 53.4 Å². The lowest BCUT2D eigenvalue weighted by molar-refractivity contribution is -0.116. The Labute approximate surface area is 220 Å². The first-order valence-electron chi connectivity index (χ1n) is 12.7. The van der Waals surface area contributed by atoms with Crippen molar-refractivity contribution >= 4 is 23.4 Å². The number of carbonyl (C=O) groups is 2. The smallest absolute Gasteiger partial charge is 0.322 e. The molecule has 0 spiro atoms. The van der Waals surface area contributed by atoms with E-state index in [0.29, 0.717) is 31.1 Å². The van der Waals surface area contributed by atoms with E-state index in [9.17, 15) is 9.59 Å². The van der Waals surface area contributed by atoms with E-state index in [4.69, 9.17) is 9.84 Å². The van der Waals surface area contributed by atoms with Crippen molar-refractivity contribution in [2.24, 2.45) is 0 Å². The number of hydrogen-bond donors (Lipinski definition) is 2. The molecule has 0 bridgehead atoms. The summed E-state index contributed by atoms with van der Waals surface area (Å²) in [7, 11) is 1.62. The van der Waals surface area contributed by atoms with Crippen molar-refractivity contribution in [3.05, 3.63) is 71.4 Å². The van der Waals surface area contributed by atoms with Crippen molar-refractivity contribution in [3.63, 3.8) is 0 Å². The standard InChI is InChI=1S/C29H39N5O3/c1-7-22-10-8-11-23(18-22)30-28(36)33(16-9-17-37-6)20-27(35)31-26-19-25(29(3,4)5)32-34(26)24-14-12-21(2)13-15-24/h8,10-15,18-19H,7,9,16-17,20H2,1-6H3,(H,30,36)(H,31,35). The average molecular weight is 506 g/mol. The monoisotopic (exact) mass is 505 g/mol. The molecule has 0 fully saturated rings. The van der Waals surface area contributed by atoms with E-state index in [1.807, 2.05) is 61.5 Å². The first-order chi connectivity index (χ1) is 17.6. The van der Waals surface area contributed by atoms with E-state index < -0.39 is 0 Å². The maximum absolute atomic E-state index is 13.2. The molecule has 0 aliphatic carbocycles. The van der Waals surface area contributed by atoms with Crippen LogP contribution in [0.25, 0.3) is 5.69 Å². The second-order valence-corrected chi connectivity index (χ2v) is 10.2. The summed E-state index contributed by atoms with van der Waals surface area (Å²) in [6, 6.07) is 17.2. The molecule has 0 saturated heterocycles. The first-order valence-corrected chi connectivity index (χ1v) is 12.7. The number of ether oxygens (including phenoxy) is 1. The second kappa shape index (κ2) is 12.5. The van der Waals surface area contributed by atoms with E-state index in [1.54, 1.807) is 11.8 Å². The summed E-state index contributed by atoms with van der Waals surface area (Å²) >= 11 is 0. The van der Waals surface area contributed by atoms with Crippen molar-refractivity contribution in [1.29, 1.82) is 0 Å². The number of aryl methyl sites for hydroxylation is 2. The van der Waals surface area contributed by atoms with Gasteiger partial charge in [-0.05, 0) is 49.6 Å². The number of hydrogen-bond acceptors (Lipinski definition) is 4. The maximum Gasteiger partial charge on any atom is 0.322 e. The molecule has 37 heavy (non-hydrogen) atoms. The van der Waals surface area contributed by atoms with Crippen molar-refractivity contribution in [2.45, 2.75) is 52.9 Å². The van der Waals surface area contributed by atoms with Gasteiger partial charge in [-0.3, -0.25) is 4.79 Å². The van der Waals surface area contributed by atoms with Gasteiger partial charge in [-0.15, -0.1) is 0 Å². The number of nitrogens with zero attached hydrogens (tertiary/aromatic N) is 3. The molecule has 3 rings (SSSR count). The average Bonchev–Trinajstić information content (AvgIpc) is 3.28. The fourth-order valence-corrected chi connectivity index (χ4v) is 3.80. The third-order valence-corrected chi connectivity index (χ3v) is 6.01. The van der Waals surface area contributed by atoms with Crippen molar-refractivity contribution < 1.29 is 14.3 Å². The number of methoxy groups -OCH3 is 1. The molecule has 0 aliphatic rings. The van der Waals surface area contributed by atoms with Gasteiger partial charge >= 0.3 is 6.03 Å². The molecule has 0 unspecified atom stereocenters. The summed E-state index contributed by atoms with van der Waals surface area (Å²) in [5.41, 5.74) is 4.47. The minimum absolute atomic E-state index is 0.104. The number of nitrogens with one attached hydrogen (secondary N) is 2. The van der Waals surface area contributed by atoms with E-state index in [2.05, 4.69) is 38.3 Å². The van der Waals surface area contributed by atoms with Crippen LogP contribution in [-0.2, 0) is 21.4 Å². The fraction of sp³-hybridized carbons (Fsp3) is 0.414. The Morgan fingerprint density at radius 1 is 1.05 bits per heavy atom. The number of amides is 3. The Morgan fingerprint density at radius 3 is 2.43 bits per heavy atom. The van der Waals surface area contributed by atoms with Gasteiger partial charge in [0.25, 0.3) is 0 Å². The number of urea groups is 1. The summed E-state index contributed by atoms with van der Waals surface area (Å²) in [6.45, 7) is 11.1. The van der Waals surface area contributed by atoms with Crippen LogP contribution in [0.1, 0.15) is 50.9 Å². The van der Waals surface area contributed by atoms with E-state index >= 15 is 0 Å². The molecule has 1 aromatic heterocycles. The van der Waals surface area contributed by atoms with Gasteiger partial charge in [-0.25, -0.2) is 9.48 Å². The van der Waals surface area contributed by atoms with Crippen molar-refractivity contribution in [3.8, 4) is 5.69 Å². The normalized spacial score (nSPS) is 11.3. The highest BCUT2D eigenvalue weighted by Crippen LogP contribution is 2.26. The molecule has 0 saturated carbocycles. The minimum atomic E-state index is -0.332. The van der Waals surface area contributed by atoms with Crippen LogP contribution in [0.2, 0.25) is 0 Å². The largest absolute Gasteiger partial charge is 0.385 e. The lowest BCUT2D eigenvalue weighted by Crippen LogP contribution is -2.41. The molecular formula is C29H39N5O3. The summed E-state index contributed by atoms with van der Waals surface area (Å²) in [4.78, 5) is 27.8. The molecule has 8 heteroatoms. The molecule has 8 nitrogen and oxygen atoms in total. The van der Waals surface area contributed by atoms with Gasteiger partial charge in [0.1, 0.15) is 12.4 Å². The van der Waals surface area contributed by atoms with Crippen LogP contribution < -0.4 is 10.6 Å². The van der Waals surface area contributed by atoms with Gasteiger partial charge in [-0.2, -0.15) is 5.10 Å². The third-order valence-electron chi connectivity index (χ3n) is 6.01. The highest BCUT2D eigenvalue weighted by atomic mass is 16.5. The summed E-state index contributed by atoms with van der Waals surface area (Å²) in [5, 5.41) is 10.7. The highest BCUT2D eigenvalue weighted by molar-refractivity contribution is 5.96. The van der Waals surface area contributed by atoms with Crippen LogP contribution in [0.5, 0.6) is 0 Å². The summed E-state index contributed by atoms with van der Waals surface area (Å²) in [5.74, 6) is 0.260. The fourth-order valence-electron chi connectivity index (χ4n) is 3.80. The van der Waals surface area contributed by atoms with Crippen molar-refractivity contribution in [2.75, 3.05) is 37.4 Å². The van der Waals surface area contributed by atoms with Gasteiger partial charge in [0, 0.05) is 37.4 Å². The van der Waals surface area contributed by atoms with E-state index in [0.717, 1.165) is 28.9 Å². The highest BCUT2D eigenvalue weighted by Gasteiger charge is 2.23. The van der Waals surface area contributed by atoms with Gasteiger partial charge in [0.15, 0.2) is 0 Å². The Morgan fingerprint density at radius 2 is 1.78 bits per heavy atom. The molecule has 2 aromatic carbocycles. The Balaban J connectivity index is 1.80. The zero-order valence-electron chi connectivity index (χ0n) is 22.8. The Hall–Kier alpha value is -3.65. The molecule has 3 amide bonds. The molecule has 198 valence electrons. The molecular weight excluding hydrogens is 466 g/mol. The number of benzene rings is 2. The van der Waals surface area contributed by atoms with Crippen LogP contribution in [0.4, 0.5) is 16.3 Å². The third kappa shape index (κ3) is 7.92. The summed E-state index contributed by atoms with van der Waals surface area (Å²) < 4.78 is 6.90. The van der Waals surface area contributed by atoms with Crippen LogP contribution in [0.3, 0.4) is 0 Å². The molecule has 0 atom stereocenters. The van der Waals surface area contributed by atoms with Crippen LogP contribution in [0, 0.1) is 6.92 Å². The van der Waals surface area contributed by atoms with Gasteiger partial charge in [0.2, 0.25) is 5.91 Å². The van der Waals surface area contributed by atoms with Gasteiger partial charge in [0.05, 0.1) is 11.4 Å². The Bertz CT molecular complexity index is 1190. The molecule has 0 radical (unpaired) electrons. The molecule has 0 aliphatic heterocycles. The maximum atomic E-state index is 13.2. The zero-order valence-corrected chi connectivity index (χ0v) is 22.8. The number of carbonyl (C=O) groups excluding carboxylic acids is 2. The number of rotatable bonds is 10. The minimum Gasteiger partial charge on any atom is -0.385 e. The van der Waals surface area contributed by atoms with Crippen molar-refractivity contribution in [1.82, 2.24) is 14.7 Å². The van der Waals surface area contributed by atoms with E-state index in [-0.39, 0.29) is 23.9 Å². The summed E-state index contributed by atoms with van der Waals surface area (Å²) in [6.07, 6.45) is 1.48. The molecule has 3 aromatic rings. The quantitative estimate of drug-likeness (QED) is 0.354. The van der Waals surface area contributed by atoms with Gasteiger partial charge < -0.3 is 20.3 Å². The first kappa shape index (κ1) is 27.9. The molecule has 1 heterocycles. The predicted molar refractivity (Wildman–Crippen MR) is 149 cm³/mol. The molecule has 2 N–H and O–H groups in total. The van der Waals surface area contributed by atoms with Crippen LogP contribution >= 0.6 is 0 Å². The lowest BCUT2D eigenvalue weighted by Gasteiger charge is -2.23. The Kier molecular flexibility index (Phi) is 9.47. The lowest BCUT2D eigenvalue weighted by atomic mass is 9.92. The topological polar surface area (TPSA) is 88.5 Å². The van der Waals surface area contributed by atoms with E-state index in [1.165, 1.54) is 4.90 Å². The van der Waals surface area contributed by atoms with Gasteiger partial charge in [-0.1, -0.05) is 57.5 Å². The number of anilines is 2. The zero-order chi connectivity index (χ0) is 27.0.